The fraction of sp³-hybridized carbons (Fsp3) is 0.316. The van der Waals surface area contributed by atoms with Gasteiger partial charge in [0.2, 0.25) is 0 Å². The molecule has 8 nitrogen and oxygen atoms in total. The number of nitrogens with zero attached hydrogens (tertiary/aromatic N) is 6. The van der Waals surface area contributed by atoms with Crippen molar-refractivity contribution < 1.29 is 18.0 Å². The number of halogens is 4. The zero-order valence-electron chi connectivity index (χ0n) is 16.6. The molecule has 3 rings (SSSR count). The van der Waals surface area contributed by atoms with Gasteiger partial charge in [0.05, 0.1) is 23.6 Å². The van der Waals surface area contributed by atoms with Crippen LogP contribution in [0.25, 0.3) is 5.69 Å². The van der Waals surface area contributed by atoms with Crippen LogP contribution in [0.3, 0.4) is 0 Å². The Morgan fingerprint density at radius 2 is 1.90 bits per heavy atom. The number of nitrogens with one attached hydrogen (secondary N) is 1. The molecule has 2 aromatic heterocycles. The van der Waals surface area contributed by atoms with Crippen molar-refractivity contribution in [3.8, 4) is 5.69 Å². The molecule has 0 fully saturated rings. The van der Waals surface area contributed by atoms with Crippen LogP contribution < -0.4 is 5.32 Å². The molecule has 31 heavy (non-hydrogen) atoms. The summed E-state index contributed by atoms with van der Waals surface area (Å²) in [5, 5.41) is 18.2. The molecule has 0 aliphatic heterocycles. The molecule has 0 spiro atoms. The molecule has 1 aromatic carbocycles. The average molecular weight is 454 g/mol. The summed E-state index contributed by atoms with van der Waals surface area (Å²) >= 11 is 6.10. The van der Waals surface area contributed by atoms with Crippen LogP contribution in [-0.2, 0) is 6.18 Å². The number of benzene rings is 1. The molecule has 1 N–H and O–H groups in total. The van der Waals surface area contributed by atoms with Gasteiger partial charge in [0.15, 0.2) is 5.69 Å². The lowest BCUT2D eigenvalue weighted by Gasteiger charge is -2.28. The fourth-order valence-electron chi connectivity index (χ4n) is 2.91. The first-order valence-electron chi connectivity index (χ1n) is 9.29. The smallest absolute Gasteiger partial charge is 0.367 e. The molecule has 1 amide bonds. The van der Waals surface area contributed by atoms with E-state index in [0.29, 0.717) is 22.7 Å². The van der Waals surface area contributed by atoms with Crippen molar-refractivity contribution in [3.63, 3.8) is 0 Å². The van der Waals surface area contributed by atoms with Crippen LogP contribution in [0, 0.1) is 0 Å². The Kier molecular flexibility index (Phi) is 6.74. The molecule has 12 heteroatoms. The molecule has 0 bridgehead atoms. The van der Waals surface area contributed by atoms with Gasteiger partial charge in [-0.1, -0.05) is 18.5 Å². The number of likely N-dealkylation sites (N-methyl/N-ethyl adjacent to an activating group) is 1. The standard InChI is InChI=1S/C19H19ClF3N7O/c1-3-13(11-24-17-7-6-16(27-28-17)19(21,22)23)29(2)18(31)14-10-12(20)4-5-15(14)30-25-8-9-26-30/h4-10,13H,3,11H2,1-2H3,(H,24,28)/t13-/m0/s1. The molecule has 2 heterocycles. The normalized spacial score (nSPS) is 12.5. The topological polar surface area (TPSA) is 88.8 Å². The number of carbonyl (C=O) groups excluding carboxylic acids is 1. The van der Waals surface area contributed by atoms with Gasteiger partial charge < -0.3 is 10.2 Å². The zero-order chi connectivity index (χ0) is 22.6. The second-order valence-electron chi connectivity index (χ2n) is 6.64. The van der Waals surface area contributed by atoms with E-state index in [4.69, 9.17) is 11.6 Å². The molecule has 0 saturated carbocycles. The van der Waals surface area contributed by atoms with Crippen molar-refractivity contribution in [2.45, 2.75) is 25.6 Å². The quantitative estimate of drug-likeness (QED) is 0.587. The third-order valence-electron chi connectivity index (χ3n) is 4.64. The summed E-state index contributed by atoms with van der Waals surface area (Å²) in [5.41, 5.74) is -0.278. The SMILES string of the molecule is CC[C@@H](CNc1ccc(C(F)(F)F)nn1)N(C)C(=O)c1cc(Cl)ccc1-n1nccn1. The summed E-state index contributed by atoms with van der Waals surface area (Å²) in [6.45, 7) is 2.15. The van der Waals surface area contributed by atoms with Crippen molar-refractivity contribution in [2.75, 3.05) is 18.9 Å². The first kappa shape index (κ1) is 22.5. The molecule has 0 aliphatic rings. The molecule has 3 aromatic rings. The van der Waals surface area contributed by atoms with Gasteiger partial charge in [0, 0.05) is 24.7 Å². The van der Waals surface area contributed by atoms with E-state index in [0.717, 1.165) is 6.07 Å². The highest BCUT2D eigenvalue weighted by molar-refractivity contribution is 6.31. The third-order valence-corrected chi connectivity index (χ3v) is 4.87. The van der Waals surface area contributed by atoms with Crippen molar-refractivity contribution in [2.24, 2.45) is 0 Å². The number of amides is 1. The number of hydrogen-bond donors (Lipinski definition) is 1. The van der Waals surface area contributed by atoms with E-state index in [1.54, 1.807) is 25.2 Å². The van der Waals surface area contributed by atoms with Crippen molar-refractivity contribution in [1.29, 1.82) is 0 Å². The molecule has 0 aliphatic carbocycles. The minimum absolute atomic E-state index is 0.177. The number of alkyl halides is 3. The Morgan fingerprint density at radius 1 is 1.19 bits per heavy atom. The lowest BCUT2D eigenvalue weighted by molar-refractivity contribution is -0.141. The summed E-state index contributed by atoms with van der Waals surface area (Å²) in [5.74, 6) is -0.126. The van der Waals surface area contributed by atoms with E-state index >= 15 is 0 Å². The summed E-state index contributed by atoms with van der Waals surface area (Å²) in [6.07, 6.45) is -0.978. The first-order chi connectivity index (χ1) is 14.7. The number of carbonyl (C=O) groups is 1. The number of hydrogen-bond acceptors (Lipinski definition) is 6. The van der Waals surface area contributed by atoms with Gasteiger partial charge in [-0.05, 0) is 36.8 Å². The number of aromatic nitrogens is 5. The monoisotopic (exact) mass is 453 g/mol. The van der Waals surface area contributed by atoms with Crippen LogP contribution in [0.2, 0.25) is 5.02 Å². The summed E-state index contributed by atoms with van der Waals surface area (Å²) in [4.78, 5) is 16.1. The highest BCUT2D eigenvalue weighted by Gasteiger charge is 2.33. The minimum Gasteiger partial charge on any atom is -0.367 e. The lowest BCUT2D eigenvalue weighted by Crippen LogP contribution is -2.41. The van der Waals surface area contributed by atoms with Gasteiger partial charge in [-0.15, -0.1) is 10.2 Å². The van der Waals surface area contributed by atoms with E-state index < -0.39 is 11.9 Å². The van der Waals surface area contributed by atoms with Gasteiger partial charge in [0.1, 0.15) is 5.82 Å². The van der Waals surface area contributed by atoms with Crippen molar-refractivity contribution in [1.82, 2.24) is 30.1 Å². The summed E-state index contributed by atoms with van der Waals surface area (Å²) in [7, 11) is 1.64. The van der Waals surface area contributed by atoms with Crippen molar-refractivity contribution in [3.05, 3.63) is 59.0 Å². The van der Waals surface area contributed by atoms with Crippen LogP contribution in [0.15, 0.2) is 42.7 Å². The van der Waals surface area contributed by atoms with Gasteiger partial charge in [-0.3, -0.25) is 4.79 Å². The van der Waals surface area contributed by atoms with E-state index in [1.165, 1.54) is 28.2 Å². The molecular weight excluding hydrogens is 435 g/mol. The Morgan fingerprint density at radius 3 is 2.48 bits per heavy atom. The van der Waals surface area contributed by atoms with E-state index in [-0.39, 0.29) is 24.3 Å². The van der Waals surface area contributed by atoms with Crippen LogP contribution in [0.4, 0.5) is 19.0 Å². The minimum atomic E-state index is -4.55. The molecule has 0 saturated heterocycles. The first-order valence-corrected chi connectivity index (χ1v) is 9.66. The third kappa shape index (κ3) is 5.29. The highest BCUT2D eigenvalue weighted by Crippen LogP contribution is 2.27. The average Bonchev–Trinajstić information content (AvgIpc) is 3.27. The van der Waals surface area contributed by atoms with Gasteiger partial charge in [-0.25, -0.2) is 0 Å². The Labute approximate surface area is 181 Å². The van der Waals surface area contributed by atoms with Crippen LogP contribution in [0.1, 0.15) is 29.4 Å². The van der Waals surface area contributed by atoms with Crippen LogP contribution >= 0.6 is 11.6 Å². The molecule has 164 valence electrons. The second kappa shape index (κ2) is 9.29. The molecule has 0 unspecified atom stereocenters. The van der Waals surface area contributed by atoms with Crippen LogP contribution in [0.5, 0.6) is 0 Å². The zero-order valence-corrected chi connectivity index (χ0v) is 17.4. The molecular formula is C19H19ClF3N7O. The molecule has 0 radical (unpaired) electrons. The Bertz CT molecular complexity index is 1030. The van der Waals surface area contributed by atoms with Gasteiger partial charge in [0.25, 0.3) is 5.91 Å². The maximum Gasteiger partial charge on any atom is 0.435 e. The Hall–Kier alpha value is -3.21. The predicted octanol–water partition coefficient (Wildman–Crippen LogP) is 3.69. The van der Waals surface area contributed by atoms with Crippen LogP contribution in [-0.4, -0.2) is 55.6 Å². The molecule has 1 atom stereocenters. The highest BCUT2D eigenvalue weighted by atomic mass is 35.5. The maximum absolute atomic E-state index is 13.2. The lowest BCUT2D eigenvalue weighted by atomic mass is 10.1. The fourth-order valence-corrected chi connectivity index (χ4v) is 3.08. The summed E-state index contributed by atoms with van der Waals surface area (Å²) < 4.78 is 37.9. The number of anilines is 1. The van der Waals surface area contributed by atoms with E-state index in [1.807, 2.05) is 6.92 Å². The van der Waals surface area contributed by atoms with E-state index in [9.17, 15) is 18.0 Å². The second-order valence-corrected chi connectivity index (χ2v) is 7.08. The predicted molar refractivity (Wildman–Crippen MR) is 108 cm³/mol. The number of rotatable bonds is 7. The Balaban J connectivity index is 1.74. The van der Waals surface area contributed by atoms with Crippen molar-refractivity contribution >= 4 is 23.3 Å². The maximum atomic E-state index is 13.2. The summed E-state index contributed by atoms with van der Waals surface area (Å²) in [6, 6.07) is 6.60. The van der Waals surface area contributed by atoms with Gasteiger partial charge in [-0.2, -0.15) is 28.2 Å². The van der Waals surface area contributed by atoms with E-state index in [2.05, 4.69) is 25.7 Å². The largest absolute Gasteiger partial charge is 0.435 e. The van der Waals surface area contributed by atoms with Gasteiger partial charge >= 0.3 is 6.18 Å².